The molecule has 0 spiro atoms. The van der Waals surface area contributed by atoms with Gasteiger partial charge in [-0.2, -0.15) is 0 Å². The molecule has 0 saturated carbocycles. The molecule has 1 atom stereocenters. The minimum atomic E-state index is -0.0912. The van der Waals surface area contributed by atoms with E-state index in [4.69, 9.17) is 4.74 Å². The average Bonchev–Trinajstić information content (AvgIpc) is 2.74. The fourth-order valence-corrected chi connectivity index (χ4v) is 4.59. The Morgan fingerprint density at radius 3 is 2.09 bits per heavy atom. The molecular formula is C29H50O3. The maximum absolute atomic E-state index is 12.7. The molecule has 0 aliphatic carbocycles. The first kappa shape index (κ1) is 28.5. The summed E-state index contributed by atoms with van der Waals surface area (Å²) >= 11 is 0. The fraction of sp³-hybridized carbons (Fsp3) is 0.759. The zero-order chi connectivity index (χ0) is 24.1. The van der Waals surface area contributed by atoms with Crippen molar-refractivity contribution in [1.29, 1.82) is 0 Å². The van der Waals surface area contributed by atoms with E-state index in [9.17, 15) is 9.90 Å². The molecule has 0 saturated heterocycles. The third-order valence-electron chi connectivity index (χ3n) is 6.37. The summed E-state index contributed by atoms with van der Waals surface area (Å²) < 4.78 is 5.82. The molecule has 0 radical (unpaired) electrons. The number of ether oxygens (including phenoxy) is 1. The van der Waals surface area contributed by atoms with Crippen LogP contribution in [0.5, 0.6) is 5.75 Å². The highest BCUT2D eigenvalue weighted by Gasteiger charge is 2.26. The Kier molecular flexibility index (Phi) is 13.0. The van der Waals surface area contributed by atoms with Crippen molar-refractivity contribution in [3.05, 3.63) is 28.3 Å². The third kappa shape index (κ3) is 9.16. The van der Waals surface area contributed by atoms with Crippen molar-refractivity contribution in [2.75, 3.05) is 0 Å². The number of rotatable bonds is 15. The topological polar surface area (TPSA) is 46.5 Å². The highest BCUT2D eigenvalue weighted by atomic mass is 16.5. The van der Waals surface area contributed by atoms with Gasteiger partial charge >= 0.3 is 5.97 Å². The van der Waals surface area contributed by atoms with Crippen molar-refractivity contribution < 1.29 is 14.6 Å². The van der Waals surface area contributed by atoms with Gasteiger partial charge in [0.05, 0.1) is 0 Å². The van der Waals surface area contributed by atoms with Crippen molar-refractivity contribution >= 4 is 5.97 Å². The number of esters is 1. The second-order valence-electron chi connectivity index (χ2n) is 10.4. The Morgan fingerprint density at radius 2 is 1.53 bits per heavy atom. The molecule has 1 N–H and O–H groups in total. The Morgan fingerprint density at radius 1 is 0.906 bits per heavy atom. The summed E-state index contributed by atoms with van der Waals surface area (Å²) in [5.41, 5.74) is 4.49. The smallest absolute Gasteiger partial charge is 0.306 e. The predicted molar refractivity (Wildman–Crippen MR) is 137 cm³/mol. The molecule has 32 heavy (non-hydrogen) atoms. The summed E-state index contributed by atoms with van der Waals surface area (Å²) in [5.74, 6) is 0.400. The van der Waals surface area contributed by atoms with Gasteiger partial charge in [0.2, 0.25) is 0 Å². The normalized spacial score (nSPS) is 12.7. The minimum Gasteiger partial charge on any atom is -0.507 e. The van der Waals surface area contributed by atoms with Gasteiger partial charge in [-0.3, -0.25) is 4.79 Å². The monoisotopic (exact) mass is 446 g/mol. The molecule has 0 heterocycles. The van der Waals surface area contributed by atoms with Crippen LogP contribution in [0.15, 0.2) is 6.07 Å². The van der Waals surface area contributed by atoms with E-state index in [1.54, 1.807) is 0 Å². The molecule has 1 aromatic carbocycles. The number of aromatic hydroxyl groups is 1. The molecule has 184 valence electrons. The number of hydrogen-bond acceptors (Lipinski definition) is 3. The molecule has 1 rings (SSSR count). The Hall–Kier alpha value is -1.51. The second-order valence-corrected chi connectivity index (χ2v) is 10.4. The first-order valence-electron chi connectivity index (χ1n) is 13.3. The fourth-order valence-electron chi connectivity index (χ4n) is 4.59. The Balaban J connectivity index is 3.13. The lowest BCUT2D eigenvalue weighted by Gasteiger charge is -2.29. The standard InChI is InChI=1S/C29H50O3/c1-8-12-15-17-24(11-4)32-26(30)20-19-22-21-23(16-13-9-2)28(31)25(18-14-10-3)27(22)29(5,6)7/h21,24,31H,8-20H2,1-7H3. The molecule has 0 fully saturated rings. The Labute approximate surface area is 198 Å². The lowest BCUT2D eigenvalue weighted by Crippen LogP contribution is -2.21. The van der Waals surface area contributed by atoms with Gasteiger partial charge < -0.3 is 9.84 Å². The number of phenols is 1. The molecule has 0 bridgehead atoms. The van der Waals surface area contributed by atoms with Crippen LogP contribution in [0, 0.1) is 0 Å². The number of benzene rings is 1. The van der Waals surface area contributed by atoms with Crippen LogP contribution in [0.2, 0.25) is 0 Å². The maximum atomic E-state index is 12.7. The molecule has 0 aromatic heterocycles. The van der Waals surface area contributed by atoms with Crippen LogP contribution >= 0.6 is 0 Å². The average molecular weight is 447 g/mol. The van der Waals surface area contributed by atoms with E-state index in [-0.39, 0.29) is 17.5 Å². The van der Waals surface area contributed by atoms with Crippen LogP contribution < -0.4 is 0 Å². The second kappa shape index (κ2) is 14.6. The summed E-state index contributed by atoms with van der Waals surface area (Å²) in [5, 5.41) is 11.2. The lowest BCUT2D eigenvalue weighted by atomic mass is 9.76. The van der Waals surface area contributed by atoms with Crippen LogP contribution in [0.3, 0.4) is 0 Å². The predicted octanol–water partition coefficient (Wildman–Crippen LogP) is 8.21. The summed E-state index contributed by atoms with van der Waals surface area (Å²) in [7, 11) is 0. The van der Waals surface area contributed by atoms with Gasteiger partial charge in [-0.15, -0.1) is 0 Å². The van der Waals surface area contributed by atoms with Crippen LogP contribution in [0.25, 0.3) is 0 Å². The van der Waals surface area contributed by atoms with E-state index >= 15 is 0 Å². The first-order valence-corrected chi connectivity index (χ1v) is 13.3. The number of carbonyl (C=O) groups excluding carboxylic acids is 1. The number of phenolic OH excluding ortho intramolecular Hbond substituents is 1. The highest BCUT2D eigenvalue weighted by Crippen LogP contribution is 2.39. The lowest BCUT2D eigenvalue weighted by molar-refractivity contribution is -0.149. The number of hydrogen-bond donors (Lipinski definition) is 1. The van der Waals surface area contributed by atoms with Crippen molar-refractivity contribution in [2.24, 2.45) is 0 Å². The van der Waals surface area contributed by atoms with Crippen molar-refractivity contribution in [1.82, 2.24) is 0 Å². The van der Waals surface area contributed by atoms with Gasteiger partial charge in [0.25, 0.3) is 0 Å². The number of carbonyl (C=O) groups is 1. The van der Waals surface area contributed by atoms with E-state index < -0.39 is 0 Å². The molecule has 3 heteroatoms. The molecule has 1 aromatic rings. The van der Waals surface area contributed by atoms with Gasteiger partial charge in [0, 0.05) is 6.42 Å². The van der Waals surface area contributed by atoms with Gasteiger partial charge in [0.15, 0.2) is 0 Å². The minimum absolute atomic E-state index is 0.0381. The first-order chi connectivity index (χ1) is 15.2. The van der Waals surface area contributed by atoms with Gasteiger partial charge in [-0.05, 0) is 79.0 Å². The van der Waals surface area contributed by atoms with Crippen molar-refractivity contribution in [3.63, 3.8) is 0 Å². The Bertz CT molecular complexity index is 685. The third-order valence-corrected chi connectivity index (χ3v) is 6.37. The molecule has 0 aliphatic heterocycles. The van der Waals surface area contributed by atoms with E-state index in [0.717, 1.165) is 68.9 Å². The summed E-state index contributed by atoms with van der Waals surface area (Å²) in [6.45, 7) is 15.3. The summed E-state index contributed by atoms with van der Waals surface area (Å²) in [6, 6.07) is 2.17. The van der Waals surface area contributed by atoms with Gasteiger partial charge in [-0.25, -0.2) is 0 Å². The zero-order valence-corrected chi connectivity index (χ0v) is 22.1. The quantitative estimate of drug-likeness (QED) is 0.218. The van der Waals surface area contributed by atoms with Crippen LogP contribution in [-0.2, 0) is 34.2 Å². The number of aryl methyl sites for hydroxylation is 2. The molecular weight excluding hydrogens is 396 g/mol. The van der Waals surface area contributed by atoms with E-state index in [2.05, 4.69) is 54.5 Å². The molecule has 3 nitrogen and oxygen atoms in total. The summed E-state index contributed by atoms with van der Waals surface area (Å²) in [6.07, 6.45) is 12.6. The van der Waals surface area contributed by atoms with Crippen molar-refractivity contribution in [3.8, 4) is 5.75 Å². The zero-order valence-electron chi connectivity index (χ0n) is 22.1. The summed E-state index contributed by atoms with van der Waals surface area (Å²) in [4.78, 5) is 12.7. The van der Waals surface area contributed by atoms with Crippen molar-refractivity contribution in [2.45, 2.75) is 143 Å². The number of unbranched alkanes of at least 4 members (excludes halogenated alkanes) is 4. The largest absolute Gasteiger partial charge is 0.507 e. The van der Waals surface area contributed by atoms with E-state index in [1.807, 2.05) is 0 Å². The molecule has 0 aliphatic rings. The van der Waals surface area contributed by atoms with Gasteiger partial charge in [0.1, 0.15) is 11.9 Å². The van der Waals surface area contributed by atoms with Crippen LogP contribution in [0.1, 0.15) is 135 Å². The SMILES string of the molecule is CCCCCC(CC)OC(=O)CCc1cc(CCCC)c(O)c(CCCC)c1C(C)(C)C. The van der Waals surface area contributed by atoms with E-state index in [0.29, 0.717) is 18.6 Å². The van der Waals surface area contributed by atoms with Crippen LogP contribution in [-0.4, -0.2) is 17.2 Å². The van der Waals surface area contributed by atoms with Crippen LogP contribution in [0.4, 0.5) is 0 Å². The maximum Gasteiger partial charge on any atom is 0.306 e. The molecule has 0 amide bonds. The van der Waals surface area contributed by atoms with E-state index in [1.165, 1.54) is 24.0 Å². The highest BCUT2D eigenvalue weighted by molar-refractivity contribution is 5.70. The van der Waals surface area contributed by atoms with Gasteiger partial charge in [-0.1, -0.05) is 80.2 Å². The molecule has 1 unspecified atom stereocenters.